The number of ether oxygens (including phenoxy) is 2. The molecule has 82 valence electrons. The summed E-state index contributed by atoms with van der Waals surface area (Å²) >= 11 is 0. The maximum atomic E-state index is 5.67. The Labute approximate surface area is 90.2 Å². The van der Waals surface area contributed by atoms with Gasteiger partial charge in [-0.3, -0.25) is 0 Å². The molecule has 15 heavy (non-hydrogen) atoms. The highest BCUT2D eigenvalue weighted by Crippen LogP contribution is 2.36. The lowest BCUT2D eigenvalue weighted by Crippen LogP contribution is -2.16. The summed E-state index contributed by atoms with van der Waals surface area (Å²) in [6, 6.07) is 6.04. The molecule has 0 aliphatic carbocycles. The molecule has 1 aromatic rings. The van der Waals surface area contributed by atoms with Crippen molar-refractivity contribution < 1.29 is 9.47 Å². The average molecular weight is 207 g/mol. The minimum Gasteiger partial charge on any atom is -0.451 e. The molecular formula is C12H17NO2. The molecular weight excluding hydrogens is 190 g/mol. The molecule has 0 aromatic heterocycles. The summed E-state index contributed by atoms with van der Waals surface area (Å²) < 4.78 is 11.3. The Balaban J connectivity index is 2.09. The van der Waals surface area contributed by atoms with E-state index >= 15 is 0 Å². The van der Waals surface area contributed by atoms with Gasteiger partial charge in [0.15, 0.2) is 11.5 Å². The molecule has 1 unspecified atom stereocenters. The minimum absolute atomic E-state index is 0.0990. The maximum Gasteiger partial charge on any atom is 0.241 e. The van der Waals surface area contributed by atoms with Crippen LogP contribution >= 0.6 is 0 Å². The zero-order chi connectivity index (χ0) is 10.7. The van der Waals surface area contributed by atoms with Crippen LogP contribution in [0.1, 0.15) is 25.3 Å². The summed E-state index contributed by atoms with van der Waals surface area (Å²) in [5, 5.41) is 0. The number of nitrogens with two attached hydrogens (primary N) is 1. The van der Waals surface area contributed by atoms with Crippen molar-refractivity contribution in [3.63, 3.8) is 0 Å². The second-order valence-electron chi connectivity index (χ2n) is 3.77. The number of fused-ring (bicyclic) bond motifs is 1. The molecule has 0 radical (unpaired) electrons. The van der Waals surface area contributed by atoms with Gasteiger partial charge in [-0.1, -0.05) is 13.0 Å². The molecule has 3 nitrogen and oxygen atoms in total. The lowest BCUT2D eigenvalue weighted by atomic mass is 10.1. The summed E-state index contributed by atoms with van der Waals surface area (Å²) in [5.74, 6) is 1.72. The van der Waals surface area contributed by atoms with E-state index in [4.69, 9.17) is 15.2 Å². The zero-order valence-electron chi connectivity index (χ0n) is 9.03. The van der Waals surface area contributed by atoms with Crippen LogP contribution in [0.4, 0.5) is 0 Å². The van der Waals surface area contributed by atoms with Gasteiger partial charge in [0.2, 0.25) is 6.29 Å². The first-order valence-corrected chi connectivity index (χ1v) is 5.49. The van der Waals surface area contributed by atoms with Gasteiger partial charge in [0.05, 0.1) is 0 Å². The van der Waals surface area contributed by atoms with Crippen LogP contribution in [0.3, 0.4) is 0 Å². The van der Waals surface area contributed by atoms with Gasteiger partial charge in [0, 0.05) is 6.42 Å². The van der Waals surface area contributed by atoms with E-state index in [1.165, 1.54) is 5.56 Å². The zero-order valence-corrected chi connectivity index (χ0v) is 9.03. The van der Waals surface area contributed by atoms with Crippen LogP contribution in [0.2, 0.25) is 0 Å². The van der Waals surface area contributed by atoms with Gasteiger partial charge in [-0.2, -0.15) is 0 Å². The van der Waals surface area contributed by atoms with Gasteiger partial charge in [-0.15, -0.1) is 0 Å². The van der Waals surface area contributed by atoms with Crippen LogP contribution in [0.15, 0.2) is 18.2 Å². The van der Waals surface area contributed by atoms with E-state index in [0.717, 1.165) is 30.8 Å². The molecule has 1 aromatic carbocycles. The predicted octanol–water partition coefficient (Wildman–Crippen LogP) is 2.09. The molecule has 0 saturated heterocycles. The Morgan fingerprint density at radius 1 is 1.27 bits per heavy atom. The molecule has 1 heterocycles. The van der Waals surface area contributed by atoms with E-state index in [2.05, 4.69) is 6.92 Å². The largest absolute Gasteiger partial charge is 0.451 e. The fraction of sp³-hybridized carbons (Fsp3) is 0.500. The second-order valence-corrected chi connectivity index (χ2v) is 3.77. The van der Waals surface area contributed by atoms with Crippen LogP contribution in [0, 0.1) is 0 Å². The number of benzene rings is 1. The van der Waals surface area contributed by atoms with Gasteiger partial charge in [0.25, 0.3) is 0 Å². The van der Waals surface area contributed by atoms with Gasteiger partial charge in [-0.25, -0.2) is 0 Å². The van der Waals surface area contributed by atoms with E-state index in [1.807, 2.05) is 18.2 Å². The van der Waals surface area contributed by atoms with E-state index in [9.17, 15) is 0 Å². The van der Waals surface area contributed by atoms with Gasteiger partial charge in [0.1, 0.15) is 0 Å². The quantitative estimate of drug-likeness (QED) is 0.822. The van der Waals surface area contributed by atoms with Crippen molar-refractivity contribution in [2.24, 2.45) is 5.73 Å². The first kappa shape index (κ1) is 10.3. The topological polar surface area (TPSA) is 44.5 Å². The molecule has 0 amide bonds. The molecule has 0 spiro atoms. The van der Waals surface area contributed by atoms with Crippen molar-refractivity contribution in [1.82, 2.24) is 0 Å². The number of hydrogen-bond acceptors (Lipinski definition) is 3. The van der Waals surface area contributed by atoms with Crippen LogP contribution in [-0.4, -0.2) is 12.8 Å². The van der Waals surface area contributed by atoms with E-state index in [0.29, 0.717) is 6.54 Å². The SMILES string of the molecule is CCCC1Oc2ccc(CCN)cc2O1. The molecule has 0 fully saturated rings. The van der Waals surface area contributed by atoms with Crippen molar-refractivity contribution in [2.75, 3.05) is 6.54 Å². The van der Waals surface area contributed by atoms with Gasteiger partial charge >= 0.3 is 0 Å². The lowest BCUT2D eigenvalue weighted by molar-refractivity contribution is 0.0413. The first-order chi connectivity index (χ1) is 7.33. The Hall–Kier alpha value is -1.22. The van der Waals surface area contributed by atoms with Crippen LogP contribution < -0.4 is 15.2 Å². The first-order valence-electron chi connectivity index (χ1n) is 5.49. The van der Waals surface area contributed by atoms with E-state index in [1.54, 1.807) is 0 Å². The smallest absolute Gasteiger partial charge is 0.241 e. The van der Waals surface area contributed by atoms with Gasteiger partial charge < -0.3 is 15.2 Å². The van der Waals surface area contributed by atoms with Crippen molar-refractivity contribution in [3.05, 3.63) is 23.8 Å². The van der Waals surface area contributed by atoms with Crippen molar-refractivity contribution in [3.8, 4) is 11.5 Å². The third-order valence-electron chi connectivity index (χ3n) is 2.48. The second kappa shape index (κ2) is 4.53. The lowest BCUT2D eigenvalue weighted by Gasteiger charge is -2.07. The third-order valence-corrected chi connectivity index (χ3v) is 2.48. The van der Waals surface area contributed by atoms with Crippen LogP contribution in [-0.2, 0) is 6.42 Å². The third kappa shape index (κ3) is 2.23. The predicted molar refractivity (Wildman–Crippen MR) is 59.2 cm³/mol. The van der Waals surface area contributed by atoms with Crippen molar-refractivity contribution >= 4 is 0 Å². The van der Waals surface area contributed by atoms with Crippen LogP contribution in [0.5, 0.6) is 11.5 Å². The summed E-state index contributed by atoms with van der Waals surface area (Å²) in [5.41, 5.74) is 6.71. The Morgan fingerprint density at radius 2 is 2.07 bits per heavy atom. The molecule has 1 atom stereocenters. The molecule has 0 saturated carbocycles. The molecule has 3 heteroatoms. The van der Waals surface area contributed by atoms with Crippen molar-refractivity contribution in [2.45, 2.75) is 32.5 Å². The summed E-state index contributed by atoms with van der Waals surface area (Å²) in [7, 11) is 0. The van der Waals surface area contributed by atoms with E-state index in [-0.39, 0.29) is 6.29 Å². The molecule has 1 aliphatic heterocycles. The molecule has 2 N–H and O–H groups in total. The Morgan fingerprint density at radius 3 is 2.80 bits per heavy atom. The summed E-state index contributed by atoms with van der Waals surface area (Å²) in [6.45, 7) is 2.79. The number of hydrogen-bond donors (Lipinski definition) is 1. The van der Waals surface area contributed by atoms with Crippen molar-refractivity contribution in [1.29, 1.82) is 0 Å². The van der Waals surface area contributed by atoms with Gasteiger partial charge in [-0.05, 0) is 37.1 Å². The normalized spacial score (nSPS) is 18.1. The average Bonchev–Trinajstić information content (AvgIpc) is 2.60. The molecule has 0 bridgehead atoms. The highest BCUT2D eigenvalue weighted by Gasteiger charge is 2.23. The Bertz CT molecular complexity index is 338. The fourth-order valence-corrected chi connectivity index (χ4v) is 1.72. The van der Waals surface area contributed by atoms with Crippen LogP contribution in [0.25, 0.3) is 0 Å². The minimum atomic E-state index is -0.0990. The Kier molecular flexibility index (Phi) is 3.11. The van der Waals surface area contributed by atoms with E-state index < -0.39 is 0 Å². The standard InChI is InChI=1S/C12H17NO2/c1-2-3-12-14-10-5-4-9(6-7-13)8-11(10)15-12/h4-5,8,12H,2-3,6-7,13H2,1H3. The molecule has 2 rings (SSSR count). The monoisotopic (exact) mass is 207 g/mol. The number of rotatable bonds is 4. The maximum absolute atomic E-state index is 5.67. The molecule has 1 aliphatic rings. The fourth-order valence-electron chi connectivity index (χ4n) is 1.72. The summed E-state index contributed by atoms with van der Waals surface area (Å²) in [6.07, 6.45) is 2.78. The highest BCUT2D eigenvalue weighted by molar-refractivity contribution is 5.45. The summed E-state index contributed by atoms with van der Waals surface area (Å²) in [4.78, 5) is 0. The highest BCUT2D eigenvalue weighted by atomic mass is 16.7.